The van der Waals surface area contributed by atoms with Crippen LogP contribution >= 0.6 is 0 Å². The zero-order valence-corrected chi connectivity index (χ0v) is 10.5. The molecule has 2 rings (SSSR count). The van der Waals surface area contributed by atoms with E-state index >= 15 is 0 Å². The van der Waals surface area contributed by atoms with Gasteiger partial charge in [-0.15, -0.1) is 0 Å². The van der Waals surface area contributed by atoms with Crippen molar-refractivity contribution < 1.29 is 14.3 Å². The summed E-state index contributed by atoms with van der Waals surface area (Å²) in [6.07, 6.45) is 1.69. The summed E-state index contributed by atoms with van der Waals surface area (Å²) < 4.78 is 10.2. The molecule has 5 heteroatoms. The molecule has 0 bridgehead atoms. The first-order valence-corrected chi connectivity index (χ1v) is 5.71. The third-order valence-corrected chi connectivity index (χ3v) is 2.54. The van der Waals surface area contributed by atoms with Crippen molar-refractivity contribution >= 4 is 11.7 Å². The average Bonchev–Trinajstić information content (AvgIpc) is 2.46. The fourth-order valence-corrected chi connectivity index (χ4v) is 1.54. The molecule has 0 saturated heterocycles. The van der Waals surface area contributed by atoms with Crippen LogP contribution in [0.2, 0.25) is 0 Å². The number of methoxy groups -OCH3 is 1. The molecule has 0 unspecified atom stereocenters. The lowest BCUT2D eigenvalue weighted by atomic mass is 10.2. The second kappa shape index (κ2) is 5.86. The van der Waals surface area contributed by atoms with E-state index in [9.17, 15) is 4.79 Å². The van der Waals surface area contributed by atoms with Crippen LogP contribution in [0.25, 0.3) is 0 Å². The van der Waals surface area contributed by atoms with E-state index in [1.165, 1.54) is 7.11 Å². The molecule has 0 amide bonds. The Morgan fingerprint density at radius 1 is 1.32 bits per heavy atom. The highest BCUT2D eigenvalue weighted by Crippen LogP contribution is 2.24. The first-order chi connectivity index (χ1) is 9.20. The molecule has 0 fully saturated rings. The third-order valence-electron chi connectivity index (χ3n) is 2.54. The van der Waals surface area contributed by atoms with Crippen molar-refractivity contribution in [3.63, 3.8) is 0 Å². The van der Waals surface area contributed by atoms with Gasteiger partial charge in [0.25, 0.3) is 0 Å². The number of hydrogen-bond donors (Lipinski definition) is 1. The molecule has 0 saturated carbocycles. The minimum Gasteiger partial charge on any atom is -0.485 e. The van der Waals surface area contributed by atoms with Crippen LogP contribution in [-0.2, 0) is 11.3 Å². The second-order valence-corrected chi connectivity index (χ2v) is 3.85. The van der Waals surface area contributed by atoms with Gasteiger partial charge in [-0.2, -0.15) is 0 Å². The van der Waals surface area contributed by atoms with Crippen LogP contribution in [0.15, 0.2) is 42.6 Å². The van der Waals surface area contributed by atoms with Crippen LogP contribution in [0.1, 0.15) is 16.1 Å². The van der Waals surface area contributed by atoms with Crippen LogP contribution in [-0.4, -0.2) is 18.1 Å². The lowest BCUT2D eigenvalue weighted by molar-refractivity contribution is 0.0600. The van der Waals surface area contributed by atoms with E-state index in [4.69, 9.17) is 10.5 Å². The molecule has 0 aliphatic rings. The number of rotatable bonds is 4. The van der Waals surface area contributed by atoms with Gasteiger partial charge >= 0.3 is 5.97 Å². The van der Waals surface area contributed by atoms with E-state index in [1.54, 1.807) is 24.4 Å². The normalized spacial score (nSPS) is 9.95. The van der Waals surface area contributed by atoms with Crippen LogP contribution in [0.5, 0.6) is 5.75 Å². The number of pyridine rings is 1. The molecule has 1 heterocycles. The molecule has 2 aromatic rings. The van der Waals surface area contributed by atoms with Gasteiger partial charge < -0.3 is 15.2 Å². The van der Waals surface area contributed by atoms with E-state index in [0.717, 1.165) is 5.69 Å². The van der Waals surface area contributed by atoms with Gasteiger partial charge in [0.15, 0.2) is 0 Å². The van der Waals surface area contributed by atoms with Gasteiger partial charge in [0.1, 0.15) is 12.4 Å². The maximum absolute atomic E-state index is 11.4. The van der Waals surface area contributed by atoms with Gasteiger partial charge in [-0.25, -0.2) is 4.79 Å². The zero-order chi connectivity index (χ0) is 13.7. The molecule has 0 aliphatic carbocycles. The molecular weight excluding hydrogens is 244 g/mol. The SMILES string of the molecule is COC(=O)c1ccc(N)c(OCc2ccccn2)c1. The number of aromatic nitrogens is 1. The van der Waals surface area contributed by atoms with Crippen molar-refractivity contribution in [2.24, 2.45) is 0 Å². The van der Waals surface area contributed by atoms with E-state index in [1.807, 2.05) is 18.2 Å². The maximum atomic E-state index is 11.4. The number of carbonyl (C=O) groups is 1. The largest absolute Gasteiger partial charge is 0.485 e. The van der Waals surface area contributed by atoms with Crippen molar-refractivity contribution in [1.29, 1.82) is 0 Å². The van der Waals surface area contributed by atoms with Gasteiger partial charge in [-0.3, -0.25) is 4.98 Å². The molecule has 0 radical (unpaired) electrons. The Labute approximate surface area is 111 Å². The highest BCUT2D eigenvalue weighted by atomic mass is 16.5. The number of nitrogens with two attached hydrogens (primary N) is 1. The summed E-state index contributed by atoms with van der Waals surface area (Å²) in [5.41, 5.74) is 7.44. The Kier molecular flexibility index (Phi) is 3.97. The quantitative estimate of drug-likeness (QED) is 0.671. The van der Waals surface area contributed by atoms with Crippen molar-refractivity contribution in [2.75, 3.05) is 12.8 Å². The Bertz CT molecular complexity index is 570. The lowest BCUT2D eigenvalue weighted by Crippen LogP contribution is -2.04. The number of nitrogens with zero attached hydrogens (tertiary/aromatic N) is 1. The molecule has 0 aliphatic heterocycles. The Balaban J connectivity index is 2.13. The molecule has 1 aromatic heterocycles. The highest BCUT2D eigenvalue weighted by molar-refractivity contribution is 5.90. The standard InChI is InChI=1S/C14H14N2O3/c1-18-14(17)10-5-6-12(15)13(8-10)19-9-11-4-2-3-7-16-11/h2-8H,9,15H2,1H3. The first-order valence-electron chi connectivity index (χ1n) is 5.71. The first kappa shape index (κ1) is 12.9. The van der Waals surface area contributed by atoms with Crippen molar-refractivity contribution in [3.8, 4) is 5.75 Å². The Morgan fingerprint density at radius 2 is 2.16 bits per heavy atom. The molecule has 5 nitrogen and oxygen atoms in total. The summed E-state index contributed by atoms with van der Waals surface area (Å²) in [7, 11) is 1.33. The van der Waals surface area contributed by atoms with Gasteiger partial charge in [-0.1, -0.05) is 6.07 Å². The average molecular weight is 258 g/mol. The van der Waals surface area contributed by atoms with Gasteiger partial charge in [0.2, 0.25) is 0 Å². The monoisotopic (exact) mass is 258 g/mol. The second-order valence-electron chi connectivity index (χ2n) is 3.85. The van der Waals surface area contributed by atoms with Crippen LogP contribution in [0, 0.1) is 0 Å². The molecule has 0 atom stereocenters. The summed E-state index contributed by atoms with van der Waals surface area (Å²) in [6.45, 7) is 0.287. The summed E-state index contributed by atoms with van der Waals surface area (Å²) in [4.78, 5) is 15.6. The predicted molar refractivity (Wildman–Crippen MR) is 70.8 cm³/mol. The third kappa shape index (κ3) is 3.22. The van der Waals surface area contributed by atoms with Gasteiger partial charge in [0.05, 0.1) is 24.1 Å². The lowest BCUT2D eigenvalue weighted by Gasteiger charge is -2.09. The Hall–Kier alpha value is -2.56. The van der Waals surface area contributed by atoms with Crippen molar-refractivity contribution in [3.05, 3.63) is 53.9 Å². The minimum absolute atomic E-state index is 0.287. The highest BCUT2D eigenvalue weighted by Gasteiger charge is 2.09. The minimum atomic E-state index is -0.428. The topological polar surface area (TPSA) is 74.4 Å². The molecular formula is C14H14N2O3. The number of ether oxygens (including phenoxy) is 2. The van der Waals surface area contributed by atoms with Crippen molar-refractivity contribution in [2.45, 2.75) is 6.61 Å². The van der Waals surface area contributed by atoms with E-state index in [-0.39, 0.29) is 6.61 Å². The molecule has 1 aromatic carbocycles. The molecule has 19 heavy (non-hydrogen) atoms. The molecule has 0 spiro atoms. The van der Waals surface area contributed by atoms with Crippen LogP contribution in [0.4, 0.5) is 5.69 Å². The molecule has 98 valence electrons. The summed E-state index contributed by atoms with van der Waals surface area (Å²) in [5, 5.41) is 0. The Morgan fingerprint density at radius 3 is 2.84 bits per heavy atom. The smallest absolute Gasteiger partial charge is 0.337 e. The van der Waals surface area contributed by atoms with Gasteiger partial charge in [0, 0.05) is 6.20 Å². The van der Waals surface area contributed by atoms with Crippen LogP contribution in [0.3, 0.4) is 0 Å². The zero-order valence-electron chi connectivity index (χ0n) is 10.5. The molecule has 2 N–H and O–H groups in total. The fourth-order valence-electron chi connectivity index (χ4n) is 1.54. The fraction of sp³-hybridized carbons (Fsp3) is 0.143. The van der Waals surface area contributed by atoms with E-state index < -0.39 is 5.97 Å². The summed E-state index contributed by atoms with van der Waals surface area (Å²) in [5.74, 6) is 0.0104. The summed E-state index contributed by atoms with van der Waals surface area (Å²) >= 11 is 0. The van der Waals surface area contributed by atoms with Crippen molar-refractivity contribution in [1.82, 2.24) is 4.98 Å². The van der Waals surface area contributed by atoms with E-state index in [0.29, 0.717) is 17.0 Å². The number of benzene rings is 1. The summed E-state index contributed by atoms with van der Waals surface area (Å²) in [6, 6.07) is 10.3. The number of nitrogen functional groups attached to an aromatic ring is 1. The van der Waals surface area contributed by atoms with Crippen LogP contribution < -0.4 is 10.5 Å². The number of anilines is 1. The van der Waals surface area contributed by atoms with E-state index in [2.05, 4.69) is 9.72 Å². The number of hydrogen-bond acceptors (Lipinski definition) is 5. The predicted octanol–water partition coefficient (Wildman–Crippen LogP) is 2.03. The number of esters is 1. The maximum Gasteiger partial charge on any atom is 0.337 e. The van der Waals surface area contributed by atoms with Gasteiger partial charge in [-0.05, 0) is 30.3 Å². The number of carbonyl (C=O) groups excluding carboxylic acids is 1.